The lowest BCUT2D eigenvalue weighted by molar-refractivity contribution is 0.00780. The van der Waals surface area contributed by atoms with Gasteiger partial charge in [0.05, 0.1) is 22.1 Å². The van der Waals surface area contributed by atoms with Crippen LogP contribution >= 0.6 is 0 Å². The van der Waals surface area contributed by atoms with Gasteiger partial charge < -0.3 is 31.6 Å². The van der Waals surface area contributed by atoms with Crippen molar-refractivity contribution in [1.82, 2.24) is 19.9 Å². The summed E-state index contributed by atoms with van der Waals surface area (Å²) in [4.78, 5) is 14.5. The zero-order chi connectivity index (χ0) is 16.8. The fraction of sp³-hybridized carbons (Fsp3) is 0.125. The molecule has 0 aliphatic heterocycles. The molecule has 0 saturated heterocycles. The smallest absolute Gasteiger partial charge is 0.145 e. The Bertz CT molecular complexity index is 954. The maximum atomic E-state index is 10.4. The van der Waals surface area contributed by atoms with Crippen LogP contribution in [0.1, 0.15) is 23.9 Å². The van der Waals surface area contributed by atoms with Gasteiger partial charge in [-0.25, -0.2) is 9.97 Å². The zero-order valence-electron chi connectivity index (χ0n) is 12.6. The Balaban J connectivity index is 1.69. The lowest BCUT2D eigenvalue weighted by atomic mass is 10.2. The van der Waals surface area contributed by atoms with E-state index >= 15 is 0 Å². The zero-order valence-corrected chi connectivity index (χ0v) is 12.6. The Morgan fingerprint density at radius 3 is 1.58 bits per heavy atom. The number of aliphatic hydroxyl groups is 2. The van der Waals surface area contributed by atoms with Crippen molar-refractivity contribution in [2.24, 2.45) is 0 Å². The predicted molar refractivity (Wildman–Crippen MR) is 90.9 cm³/mol. The number of nitrogen functional groups attached to an aromatic ring is 2. The largest absolute Gasteiger partial charge is 0.399 e. The van der Waals surface area contributed by atoms with E-state index in [1.165, 1.54) is 0 Å². The first-order valence-corrected chi connectivity index (χ1v) is 7.37. The molecular formula is C16H16N6O2. The summed E-state index contributed by atoms with van der Waals surface area (Å²) in [5, 5.41) is 20.9. The number of aromatic nitrogens is 4. The average molecular weight is 324 g/mol. The summed E-state index contributed by atoms with van der Waals surface area (Å²) >= 11 is 0. The highest BCUT2D eigenvalue weighted by molar-refractivity contribution is 5.79. The first-order chi connectivity index (χ1) is 11.5. The van der Waals surface area contributed by atoms with Gasteiger partial charge >= 0.3 is 0 Å². The van der Waals surface area contributed by atoms with Crippen molar-refractivity contribution in [2.75, 3.05) is 11.5 Å². The number of rotatable bonds is 3. The number of nitrogens with one attached hydrogen (secondary N) is 2. The Morgan fingerprint density at radius 2 is 1.17 bits per heavy atom. The molecule has 2 aromatic carbocycles. The molecule has 2 heterocycles. The van der Waals surface area contributed by atoms with Crippen LogP contribution in [0.25, 0.3) is 22.1 Å². The average Bonchev–Trinajstić information content (AvgIpc) is 3.16. The van der Waals surface area contributed by atoms with Gasteiger partial charge in [0.25, 0.3) is 0 Å². The number of H-pyrrole nitrogens is 2. The van der Waals surface area contributed by atoms with E-state index in [4.69, 9.17) is 11.5 Å². The number of aromatic amines is 2. The van der Waals surface area contributed by atoms with Crippen molar-refractivity contribution in [3.8, 4) is 0 Å². The van der Waals surface area contributed by atoms with Gasteiger partial charge in [0.15, 0.2) is 0 Å². The molecule has 0 radical (unpaired) electrons. The fourth-order valence-electron chi connectivity index (χ4n) is 2.67. The van der Waals surface area contributed by atoms with Crippen LogP contribution in [-0.4, -0.2) is 30.1 Å². The second-order valence-corrected chi connectivity index (χ2v) is 5.69. The molecule has 4 aromatic rings. The van der Waals surface area contributed by atoms with Crippen molar-refractivity contribution >= 4 is 33.4 Å². The fourth-order valence-corrected chi connectivity index (χ4v) is 2.67. The summed E-state index contributed by atoms with van der Waals surface area (Å²) in [6, 6.07) is 10.4. The van der Waals surface area contributed by atoms with Crippen LogP contribution in [0.5, 0.6) is 0 Å². The Morgan fingerprint density at radius 1 is 0.750 bits per heavy atom. The standard InChI is InChI=1S/C16H16N6O2/c17-7-1-3-9-11(5-7)21-15(19-9)13(23)14(24)16-20-10-4-2-8(18)6-12(10)22-16/h1-6,13-14,23-24H,17-18H2,(H,19,21)(H,20,22)/t13-,14+. The molecule has 8 heteroatoms. The number of fused-ring (bicyclic) bond motifs is 2. The van der Waals surface area contributed by atoms with Gasteiger partial charge in [0.1, 0.15) is 23.9 Å². The molecule has 0 saturated carbocycles. The lowest BCUT2D eigenvalue weighted by Crippen LogP contribution is -2.13. The predicted octanol–water partition coefficient (Wildman–Crippen LogP) is 1.37. The van der Waals surface area contributed by atoms with Crippen LogP contribution in [0.2, 0.25) is 0 Å². The monoisotopic (exact) mass is 324 g/mol. The molecule has 0 fully saturated rings. The van der Waals surface area contributed by atoms with E-state index in [9.17, 15) is 10.2 Å². The molecule has 2 aromatic heterocycles. The highest BCUT2D eigenvalue weighted by Crippen LogP contribution is 2.29. The highest BCUT2D eigenvalue weighted by atomic mass is 16.3. The van der Waals surface area contributed by atoms with E-state index in [0.717, 1.165) is 0 Å². The van der Waals surface area contributed by atoms with Crippen LogP contribution in [0.4, 0.5) is 11.4 Å². The molecule has 0 amide bonds. The first-order valence-electron chi connectivity index (χ1n) is 7.37. The van der Waals surface area contributed by atoms with E-state index < -0.39 is 12.2 Å². The SMILES string of the molecule is Nc1ccc2nc([C@@H](O)[C@@H](O)c3nc4ccc(N)cc4[nH]3)[nH]c2c1. The lowest BCUT2D eigenvalue weighted by Gasteiger charge is -2.13. The van der Waals surface area contributed by atoms with Gasteiger partial charge in [-0.05, 0) is 36.4 Å². The Kier molecular flexibility index (Phi) is 3.15. The number of benzene rings is 2. The van der Waals surface area contributed by atoms with Gasteiger partial charge in [-0.2, -0.15) is 0 Å². The number of hydrogen-bond acceptors (Lipinski definition) is 6. The van der Waals surface area contributed by atoms with Gasteiger partial charge in [-0.3, -0.25) is 0 Å². The Hall–Kier alpha value is -3.10. The van der Waals surface area contributed by atoms with Gasteiger partial charge in [0, 0.05) is 11.4 Å². The molecule has 0 unspecified atom stereocenters. The highest BCUT2D eigenvalue weighted by Gasteiger charge is 2.26. The van der Waals surface area contributed by atoms with Crippen LogP contribution < -0.4 is 11.5 Å². The normalized spacial score (nSPS) is 14.2. The maximum absolute atomic E-state index is 10.4. The molecule has 8 N–H and O–H groups in total. The van der Waals surface area contributed by atoms with Crippen LogP contribution in [0.3, 0.4) is 0 Å². The summed E-state index contributed by atoms with van der Waals surface area (Å²) in [7, 11) is 0. The molecule has 0 bridgehead atoms. The maximum Gasteiger partial charge on any atom is 0.145 e. The van der Waals surface area contributed by atoms with Crippen molar-refractivity contribution in [3.05, 3.63) is 48.0 Å². The summed E-state index contributed by atoms with van der Waals surface area (Å²) in [6.45, 7) is 0. The van der Waals surface area contributed by atoms with E-state index in [1.807, 2.05) is 0 Å². The second kappa shape index (κ2) is 5.22. The molecule has 4 rings (SSSR count). The molecule has 0 aliphatic carbocycles. The number of nitrogens with two attached hydrogens (primary N) is 2. The summed E-state index contributed by atoms with van der Waals surface area (Å²) < 4.78 is 0. The van der Waals surface area contributed by atoms with E-state index in [2.05, 4.69) is 19.9 Å². The molecular weight excluding hydrogens is 308 g/mol. The topological polar surface area (TPSA) is 150 Å². The minimum absolute atomic E-state index is 0.239. The summed E-state index contributed by atoms with van der Waals surface area (Å²) in [5.74, 6) is 0.478. The third-order valence-electron chi connectivity index (χ3n) is 3.91. The molecule has 2 atom stereocenters. The molecule has 8 nitrogen and oxygen atoms in total. The second-order valence-electron chi connectivity index (χ2n) is 5.69. The molecule has 122 valence electrons. The van der Waals surface area contributed by atoms with E-state index in [-0.39, 0.29) is 11.6 Å². The van der Waals surface area contributed by atoms with Gasteiger partial charge in [0.2, 0.25) is 0 Å². The van der Waals surface area contributed by atoms with E-state index in [1.54, 1.807) is 36.4 Å². The van der Waals surface area contributed by atoms with Gasteiger partial charge in [-0.1, -0.05) is 0 Å². The van der Waals surface area contributed by atoms with E-state index in [0.29, 0.717) is 33.4 Å². The van der Waals surface area contributed by atoms with Gasteiger partial charge in [-0.15, -0.1) is 0 Å². The third-order valence-corrected chi connectivity index (χ3v) is 3.91. The third kappa shape index (κ3) is 2.34. The molecule has 24 heavy (non-hydrogen) atoms. The quantitative estimate of drug-likeness (QED) is 0.313. The van der Waals surface area contributed by atoms with Crippen LogP contribution in [0, 0.1) is 0 Å². The van der Waals surface area contributed by atoms with Crippen molar-refractivity contribution in [3.63, 3.8) is 0 Å². The van der Waals surface area contributed by atoms with Crippen LogP contribution in [-0.2, 0) is 0 Å². The van der Waals surface area contributed by atoms with Crippen molar-refractivity contribution in [2.45, 2.75) is 12.2 Å². The van der Waals surface area contributed by atoms with Crippen molar-refractivity contribution in [1.29, 1.82) is 0 Å². The van der Waals surface area contributed by atoms with Crippen LogP contribution in [0.15, 0.2) is 36.4 Å². The first kappa shape index (κ1) is 14.5. The number of aliphatic hydroxyl groups excluding tert-OH is 2. The summed E-state index contributed by atoms with van der Waals surface area (Å²) in [6.07, 6.45) is -2.53. The Labute approximate surface area is 136 Å². The number of hydrogen-bond donors (Lipinski definition) is 6. The number of imidazole rings is 2. The number of anilines is 2. The number of nitrogens with zero attached hydrogens (tertiary/aromatic N) is 2. The molecule has 0 spiro atoms. The van der Waals surface area contributed by atoms with Crippen molar-refractivity contribution < 1.29 is 10.2 Å². The summed E-state index contributed by atoms with van der Waals surface area (Å²) in [5.41, 5.74) is 15.3. The minimum atomic E-state index is -1.27. The minimum Gasteiger partial charge on any atom is -0.399 e. The molecule has 0 aliphatic rings.